The lowest BCUT2D eigenvalue weighted by Crippen LogP contribution is -2.52. The number of hydrogen-bond acceptors (Lipinski definition) is 3. The highest BCUT2D eigenvalue weighted by Crippen LogP contribution is 2.39. The molecule has 1 saturated heterocycles. The molecule has 1 saturated carbocycles. The standard InChI is InChI=1S/C16H26N4O/c1-5-13-10(2)14(18-17-13)16(21)20-8-11-6-7-12(9-20)15(11)19(3)4/h11-12,15H,5-9H2,1-4H3,(H,17,18)/t11-,12+,15?. The molecule has 2 aliphatic rings. The Balaban J connectivity index is 1.77. The summed E-state index contributed by atoms with van der Waals surface area (Å²) >= 11 is 0. The molecule has 3 rings (SSSR count). The lowest BCUT2D eigenvalue weighted by molar-refractivity contribution is 0.0482. The van der Waals surface area contributed by atoms with Crippen LogP contribution in [0, 0.1) is 18.8 Å². The van der Waals surface area contributed by atoms with Crippen molar-refractivity contribution in [3.8, 4) is 0 Å². The van der Waals surface area contributed by atoms with Crippen LogP contribution in [0.5, 0.6) is 0 Å². The van der Waals surface area contributed by atoms with Crippen LogP contribution in [0.4, 0.5) is 0 Å². The molecule has 1 aromatic heterocycles. The van der Waals surface area contributed by atoms with E-state index in [2.05, 4.69) is 36.1 Å². The summed E-state index contributed by atoms with van der Waals surface area (Å²) in [6.45, 7) is 5.84. The van der Waals surface area contributed by atoms with Gasteiger partial charge in [-0.25, -0.2) is 0 Å². The Bertz CT molecular complexity index is 522. The lowest BCUT2D eigenvalue weighted by atomic mass is 9.91. The average Bonchev–Trinajstić information content (AvgIpc) is 2.95. The molecule has 1 unspecified atom stereocenters. The maximum atomic E-state index is 12.8. The zero-order valence-corrected chi connectivity index (χ0v) is 13.5. The van der Waals surface area contributed by atoms with Crippen molar-refractivity contribution in [2.45, 2.75) is 39.2 Å². The largest absolute Gasteiger partial charge is 0.337 e. The van der Waals surface area contributed by atoms with Crippen LogP contribution < -0.4 is 0 Å². The number of aryl methyl sites for hydroxylation is 1. The minimum atomic E-state index is 0.109. The van der Waals surface area contributed by atoms with Crippen LogP contribution in [0.25, 0.3) is 0 Å². The van der Waals surface area contributed by atoms with Gasteiger partial charge in [-0.2, -0.15) is 5.10 Å². The van der Waals surface area contributed by atoms with Gasteiger partial charge in [0, 0.05) is 30.4 Å². The van der Waals surface area contributed by atoms with Gasteiger partial charge >= 0.3 is 0 Å². The molecule has 1 amide bonds. The Morgan fingerprint density at radius 3 is 2.43 bits per heavy atom. The van der Waals surface area contributed by atoms with E-state index in [1.165, 1.54) is 12.8 Å². The monoisotopic (exact) mass is 290 g/mol. The van der Waals surface area contributed by atoms with Crippen molar-refractivity contribution in [3.05, 3.63) is 17.0 Å². The molecule has 2 bridgehead atoms. The van der Waals surface area contributed by atoms with Crippen molar-refractivity contribution in [1.82, 2.24) is 20.0 Å². The number of rotatable bonds is 3. The van der Waals surface area contributed by atoms with Crippen molar-refractivity contribution in [2.24, 2.45) is 11.8 Å². The van der Waals surface area contributed by atoms with Crippen molar-refractivity contribution < 1.29 is 4.79 Å². The molecule has 1 aromatic rings. The Morgan fingerprint density at radius 2 is 1.95 bits per heavy atom. The summed E-state index contributed by atoms with van der Waals surface area (Å²) in [6, 6.07) is 0.639. The van der Waals surface area contributed by atoms with Gasteiger partial charge in [-0.1, -0.05) is 6.92 Å². The summed E-state index contributed by atoms with van der Waals surface area (Å²) in [7, 11) is 4.33. The van der Waals surface area contributed by atoms with Crippen LogP contribution in [0.3, 0.4) is 0 Å². The highest BCUT2D eigenvalue weighted by Gasteiger charge is 2.44. The number of carbonyl (C=O) groups excluding carboxylic acids is 1. The second-order valence-corrected chi connectivity index (χ2v) is 6.79. The molecule has 21 heavy (non-hydrogen) atoms. The Morgan fingerprint density at radius 1 is 1.33 bits per heavy atom. The molecule has 1 N–H and O–H groups in total. The number of H-pyrrole nitrogens is 1. The molecule has 0 spiro atoms. The quantitative estimate of drug-likeness (QED) is 0.921. The number of nitrogens with zero attached hydrogens (tertiary/aromatic N) is 3. The van der Waals surface area contributed by atoms with Crippen LogP contribution >= 0.6 is 0 Å². The number of piperidine rings is 1. The van der Waals surface area contributed by atoms with Crippen molar-refractivity contribution >= 4 is 5.91 Å². The normalized spacial score (nSPS) is 28.4. The molecular formula is C16H26N4O. The van der Waals surface area contributed by atoms with E-state index < -0.39 is 0 Å². The lowest BCUT2D eigenvalue weighted by Gasteiger charge is -2.41. The van der Waals surface area contributed by atoms with E-state index in [4.69, 9.17) is 0 Å². The fourth-order valence-corrected chi connectivity index (χ4v) is 4.34. The average molecular weight is 290 g/mol. The van der Waals surface area contributed by atoms with Crippen LogP contribution in [0.2, 0.25) is 0 Å². The topological polar surface area (TPSA) is 52.2 Å². The first-order valence-electron chi connectivity index (χ1n) is 8.02. The van der Waals surface area contributed by atoms with E-state index in [1.807, 2.05) is 11.8 Å². The third-order valence-electron chi connectivity index (χ3n) is 5.33. The molecule has 0 aromatic carbocycles. The molecule has 5 nitrogen and oxygen atoms in total. The van der Waals surface area contributed by atoms with Gasteiger partial charge in [-0.05, 0) is 52.1 Å². The number of hydrogen-bond donors (Lipinski definition) is 1. The third-order valence-corrected chi connectivity index (χ3v) is 5.33. The van der Waals surface area contributed by atoms with Gasteiger partial charge in [-0.15, -0.1) is 0 Å². The number of fused-ring (bicyclic) bond motifs is 2. The van der Waals surface area contributed by atoms with E-state index in [9.17, 15) is 4.79 Å². The van der Waals surface area contributed by atoms with Crippen molar-refractivity contribution in [3.63, 3.8) is 0 Å². The Kier molecular flexibility index (Phi) is 3.78. The highest BCUT2D eigenvalue weighted by molar-refractivity contribution is 5.94. The van der Waals surface area contributed by atoms with Gasteiger partial charge in [-0.3, -0.25) is 9.89 Å². The number of likely N-dealkylation sites (tertiary alicyclic amines) is 1. The first-order chi connectivity index (χ1) is 10.0. The minimum Gasteiger partial charge on any atom is -0.337 e. The zero-order chi connectivity index (χ0) is 15.1. The van der Waals surface area contributed by atoms with Gasteiger partial charge in [0.15, 0.2) is 5.69 Å². The molecule has 116 valence electrons. The summed E-state index contributed by atoms with van der Waals surface area (Å²) in [5, 5.41) is 7.26. The molecule has 5 heteroatoms. The van der Waals surface area contributed by atoms with E-state index in [1.54, 1.807) is 0 Å². The smallest absolute Gasteiger partial charge is 0.274 e. The van der Waals surface area contributed by atoms with E-state index >= 15 is 0 Å². The predicted octanol–water partition coefficient (Wildman–Crippen LogP) is 1.69. The molecule has 3 atom stereocenters. The fraction of sp³-hybridized carbons (Fsp3) is 0.750. The van der Waals surface area contributed by atoms with Crippen molar-refractivity contribution in [1.29, 1.82) is 0 Å². The maximum absolute atomic E-state index is 12.8. The van der Waals surface area contributed by atoms with Crippen molar-refractivity contribution in [2.75, 3.05) is 27.2 Å². The number of amides is 1. The van der Waals surface area contributed by atoms with E-state index in [0.717, 1.165) is 30.8 Å². The summed E-state index contributed by atoms with van der Waals surface area (Å²) in [5.74, 6) is 1.35. The fourth-order valence-electron chi connectivity index (χ4n) is 4.34. The summed E-state index contributed by atoms with van der Waals surface area (Å²) in [5.41, 5.74) is 2.71. The molecule has 0 radical (unpaired) electrons. The maximum Gasteiger partial charge on any atom is 0.274 e. The first kappa shape index (κ1) is 14.6. The van der Waals surface area contributed by atoms with Gasteiger partial charge in [0.2, 0.25) is 0 Å². The van der Waals surface area contributed by atoms with Crippen LogP contribution in [0.1, 0.15) is 41.5 Å². The molecule has 2 fully saturated rings. The van der Waals surface area contributed by atoms with Gasteiger partial charge in [0.05, 0.1) is 0 Å². The Hall–Kier alpha value is -1.36. The third kappa shape index (κ3) is 2.37. The second kappa shape index (κ2) is 5.44. The van der Waals surface area contributed by atoms with Gasteiger partial charge in [0.25, 0.3) is 5.91 Å². The molecule has 1 aliphatic heterocycles. The predicted molar refractivity (Wildman–Crippen MR) is 82.3 cm³/mol. The molecule has 2 heterocycles. The zero-order valence-electron chi connectivity index (χ0n) is 13.5. The van der Waals surface area contributed by atoms with E-state index in [0.29, 0.717) is 23.6 Å². The number of carbonyl (C=O) groups is 1. The van der Waals surface area contributed by atoms with Crippen LogP contribution in [-0.2, 0) is 6.42 Å². The minimum absolute atomic E-state index is 0.109. The first-order valence-corrected chi connectivity index (χ1v) is 8.02. The SMILES string of the molecule is CCc1[nH]nc(C(=O)N2C[C@H]3CC[C@@H](C2)C3N(C)C)c1C. The number of nitrogens with one attached hydrogen (secondary N) is 1. The van der Waals surface area contributed by atoms with Gasteiger partial charge in [0.1, 0.15) is 0 Å². The van der Waals surface area contributed by atoms with Crippen LogP contribution in [-0.4, -0.2) is 59.1 Å². The van der Waals surface area contributed by atoms with E-state index in [-0.39, 0.29) is 5.91 Å². The van der Waals surface area contributed by atoms with Gasteiger partial charge < -0.3 is 9.80 Å². The Labute approximate surface area is 126 Å². The highest BCUT2D eigenvalue weighted by atomic mass is 16.2. The molecular weight excluding hydrogens is 264 g/mol. The molecule has 1 aliphatic carbocycles. The summed E-state index contributed by atoms with van der Waals surface area (Å²) in [4.78, 5) is 17.2. The summed E-state index contributed by atoms with van der Waals surface area (Å²) in [6.07, 6.45) is 3.38. The number of aromatic amines is 1. The summed E-state index contributed by atoms with van der Waals surface area (Å²) < 4.78 is 0. The number of aromatic nitrogens is 2. The second-order valence-electron chi connectivity index (χ2n) is 6.79. The van der Waals surface area contributed by atoms with Crippen LogP contribution in [0.15, 0.2) is 0 Å².